The average Bonchev–Trinajstić information content (AvgIpc) is 2.13. The van der Waals surface area contributed by atoms with Crippen molar-refractivity contribution in [3.05, 3.63) is 0 Å². The lowest BCUT2D eigenvalue weighted by Crippen LogP contribution is -2.74. The molecule has 2 aliphatic rings. The zero-order valence-corrected chi connectivity index (χ0v) is 10.1. The predicted octanol–water partition coefficient (Wildman–Crippen LogP) is 2.13. The molecule has 1 heterocycles. The third-order valence-electron chi connectivity index (χ3n) is 4.29. The summed E-state index contributed by atoms with van der Waals surface area (Å²) in [6.07, 6.45) is 1.17. The molecule has 0 radical (unpaired) electrons. The fourth-order valence-corrected chi connectivity index (χ4v) is 3.44. The summed E-state index contributed by atoms with van der Waals surface area (Å²) < 4.78 is 0. The van der Waals surface area contributed by atoms with E-state index in [1.165, 1.54) is 4.90 Å². The molecule has 2 fully saturated rings. The number of nitrogens with zero attached hydrogens (tertiary/aromatic N) is 1. The van der Waals surface area contributed by atoms with Crippen molar-refractivity contribution in [1.29, 1.82) is 0 Å². The van der Waals surface area contributed by atoms with E-state index in [9.17, 15) is 14.7 Å². The van der Waals surface area contributed by atoms with Gasteiger partial charge < -0.3 is 10.0 Å². The molecule has 1 aliphatic heterocycles. The van der Waals surface area contributed by atoms with Crippen molar-refractivity contribution in [1.82, 2.24) is 4.90 Å². The molecular weight excluding hydrogens is 206 g/mol. The van der Waals surface area contributed by atoms with E-state index in [0.29, 0.717) is 13.0 Å². The maximum Gasteiger partial charge on any atom is 0.407 e. The van der Waals surface area contributed by atoms with Crippen molar-refractivity contribution in [3.63, 3.8) is 0 Å². The number of carbonyl (C=O) groups excluding carboxylic acids is 1. The topological polar surface area (TPSA) is 57.6 Å². The Morgan fingerprint density at radius 3 is 2.56 bits per heavy atom. The van der Waals surface area contributed by atoms with Gasteiger partial charge in [-0.1, -0.05) is 20.8 Å². The number of Topliss-reactive ketones (excluding diaryl/α,β-unsaturated/α-hetero) is 1. The predicted molar refractivity (Wildman–Crippen MR) is 59.3 cm³/mol. The number of ketones is 1. The standard InChI is InChI=1S/C12H19NO3/c1-11(2,3)12-7-9(14)8(12)5-4-6-13(12)10(15)16/h8H,4-7H2,1-3H3,(H,15,16). The molecule has 90 valence electrons. The second kappa shape index (κ2) is 3.22. The molecule has 1 aliphatic carbocycles. The Labute approximate surface area is 95.6 Å². The molecule has 0 spiro atoms. The molecule has 0 aromatic rings. The lowest BCUT2D eigenvalue weighted by molar-refractivity contribution is -0.165. The molecule has 4 nitrogen and oxygen atoms in total. The summed E-state index contributed by atoms with van der Waals surface area (Å²) in [5.74, 6) is 0.165. The van der Waals surface area contributed by atoms with E-state index in [4.69, 9.17) is 0 Å². The largest absolute Gasteiger partial charge is 0.465 e. The van der Waals surface area contributed by atoms with Crippen LogP contribution in [0.25, 0.3) is 0 Å². The van der Waals surface area contributed by atoms with Gasteiger partial charge in [-0.05, 0) is 18.3 Å². The SMILES string of the molecule is CC(C)(C)C12CC(=O)C1CCCN2C(=O)O. The highest BCUT2D eigenvalue weighted by atomic mass is 16.4. The van der Waals surface area contributed by atoms with Crippen LogP contribution in [0, 0.1) is 11.3 Å². The summed E-state index contributed by atoms with van der Waals surface area (Å²) in [4.78, 5) is 24.5. The van der Waals surface area contributed by atoms with Crippen molar-refractivity contribution in [3.8, 4) is 0 Å². The van der Waals surface area contributed by atoms with Crippen molar-refractivity contribution >= 4 is 11.9 Å². The zero-order chi connectivity index (χ0) is 12.1. The van der Waals surface area contributed by atoms with Crippen LogP contribution < -0.4 is 0 Å². The van der Waals surface area contributed by atoms with Gasteiger partial charge in [0.25, 0.3) is 0 Å². The number of carbonyl (C=O) groups is 2. The normalized spacial score (nSPS) is 34.3. The minimum Gasteiger partial charge on any atom is -0.465 e. The maximum atomic E-state index is 11.7. The van der Waals surface area contributed by atoms with E-state index in [-0.39, 0.29) is 17.1 Å². The lowest BCUT2D eigenvalue weighted by atomic mass is 9.51. The highest BCUT2D eigenvalue weighted by Crippen LogP contribution is 2.55. The molecule has 1 saturated heterocycles. The minimum absolute atomic E-state index is 0.0719. The van der Waals surface area contributed by atoms with Crippen LogP contribution >= 0.6 is 0 Å². The summed E-state index contributed by atoms with van der Waals surface area (Å²) in [7, 11) is 0. The lowest BCUT2D eigenvalue weighted by Gasteiger charge is -2.62. The molecule has 0 aromatic carbocycles. The van der Waals surface area contributed by atoms with Crippen molar-refractivity contribution < 1.29 is 14.7 Å². The summed E-state index contributed by atoms with van der Waals surface area (Å²) in [6, 6.07) is 0. The number of fused-ring (bicyclic) bond motifs is 1. The highest BCUT2D eigenvalue weighted by Gasteiger charge is 2.65. The minimum atomic E-state index is -0.882. The van der Waals surface area contributed by atoms with E-state index in [1.807, 2.05) is 20.8 Å². The van der Waals surface area contributed by atoms with Gasteiger partial charge in [0.1, 0.15) is 5.78 Å². The Bertz CT molecular complexity index is 345. The number of amides is 1. The number of hydrogen-bond acceptors (Lipinski definition) is 2. The Morgan fingerprint density at radius 1 is 1.50 bits per heavy atom. The van der Waals surface area contributed by atoms with Gasteiger partial charge in [0.2, 0.25) is 0 Å². The first kappa shape index (κ1) is 11.4. The first-order valence-corrected chi connectivity index (χ1v) is 5.84. The quantitative estimate of drug-likeness (QED) is 0.687. The summed E-state index contributed by atoms with van der Waals surface area (Å²) in [5, 5.41) is 9.29. The van der Waals surface area contributed by atoms with Gasteiger partial charge in [0.15, 0.2) is 0 Å². The van der Waals surface area contributed by atoms with Gasteiger partial charge in [0.05, 0.1) is 5.54 Å². The van der Waals surface area contributed by atoms with Gasteiger partial charge in [-0.25, -0.2) is 4.79 Å². The smallest absolute Gasteiger partial charge is 0.407 e. The van der Waals surface area contributed by atoms with Crippen molar-refractivity contribution in [2.45, 2.75) is 45.6 Å². The van der Waals surface area contributed by atoms with E-state index >= 15 is 0 Å². The molecule has 0 bridgehead atoms. The fourth-order valence-electron chi connectivity index (χ4n) is 3.44. The molecule has 2 rings (SSSR count). The van der Waals surface area contributed by atoms with Crippen LogP contribution in [0.4, 0.5) is 4.79 Å². The van der Waals surface area contributed by atoms with Crippen LogP contribution in [-0.4, -0.2) is 34.0 Å². The molecule has 16 heavy (non-hydrogen) atoms. The van der Waals surface area contributed by atoms with E-state index < -0.39 is 11.6 Å². The Balaban J connectivity index is 2.41. The molecule has 1 amide bonds. The second-order valence-corrected chi connectivity index (χ2v) is 5.95. The third kappa shape index (κ3) is 1.22. The number of hydrogen-bond donors (Lipinski definition) is 1. The van der Waals surface area contributed by atoms with Crippen LogP contribution in [0.15, 0.2) is 0 Å². The first-order valence-electron chi connectivity index (χ1n) is 5.84. The molecule has 1 N–H and O–H groups in total. The Hall–Kier alpha value is -1.06. The first-order chi connectivity index (χ1) is 7.30. The number of likely N-dealkylation sites (tertiary alicyclic amines) is 1. The fraction of sp³-hybridized carbons (Fsp3) is 0.833. The van der Waals surface area contributed by atoms with Crippen LogP contribution in [0.2, 0.25) is 0 Å². The van der Waals surface area contributed by atoms with Crippen molar-refractivity contribution in [2.24, 2.45) is 11.3 Å². The van der Waals surface area contributed by atoms with Gasteiger partial charge in [-0.15, -0.1) is 0 Å². The number of carboxylic acid groups (broad SMARTS) is 1. The van der Waals surface area contributed by atoms with Crippen molar-refractivity contribution in [2.75, 3.05) is 6.54 Å². The molecule has 0 aromatic heterocycles. The number of rotatable bonds is 0. The number of piperidine rings is 1. The summed E-state index contributed by atoms with van der Waals surface area (Å²) in [6.45, 7) is 6.67. The van der Waals surface area contributed by atoms with Crippen LogP contribution in [0.1, 0.15) is 40.0 Å². The van der Waals surface area contributed by atoms with E-state index in [0.717, 1.165) is 12.8 Å². The van der Waals surface area contributed by atoms with Gasteiger partial charge in [-0.3, -0.25) is 4.79 Å². The van der Waals surface area contributed by atoms with Gasteiger partial charge in [0, 0.05) is 18.9 Å². The maximum absolute atomic E-state index is 11.7. The monoisotopic (exact) mass is 225 g/mol. The second-order valence-electron chi connectivity index (χ2n) is 5.95. The summed E-state index contributed by atoms with van der Waals surface area (Å²) in [5.41, 5.74) is -0.626. The molecule has 2 unspecified atom stereocenters. The van der Waals surface area contributed by atoms with E-state index in [1.54, 1.807) is 0 Å². The third-order valence-corrected chi connectivity index (χ3v) is 4.29. The highest BCUT2D eigenvalue weighted by molar-refractivity contribution is 5.92. The van der Waals surface area contributed by atoms with Crippen LogP contribution in [0.3, 0.4) is 0 Å². The van der Waals surface area contributed by atoms with Crippen LogP contribution in [-0.2, 0) is 4.79 Å². The Kier molecular flexibility index (Phi) is 2.30. The zero-order valence-electron chi connectivity index (χ0n) is 10.1. The Morgan fingerprint density at radius 2 is 2.12 bits per heavy atom. The van der Waals surface area contributed by atoms with Crippen LogP contribution in [0.5, 0.6) is 0 Å². The van der Waals surface area contributed by atoms with E-state index in [2.05, 4.69) is 0 Å². The van der Waals surface area contributed by atoms with Gasteiger partial charge in [-0.2, -0.15) is 0 Å². The molecule has 4 heteroatoms. The molecular formula is C12H19NO3. The molecule has 2 atom stereocenters. The van der Waals surface area contributed by atoms with Gasteiger partial charge >= 0.3 is 6.09 Å². The average molecular weight is 225 g/mol. The molecule has 1 saturated carbocycles. The summed E-state index contributed by atoms with van der Waals surface area (Å²) >= 11 is 0.